The molecule has 0 aromatic heterocycles. The van der Waals surface area contributed by atoms with Gasteiger partial charge in [-0.2, -0.15) is 5.26 Å². The van der Waals surface area contributed by atoms with Gasteiger partial charge < -0.3 is 10.0 Å². The first kappa shape index (κ1) is 20.0. The third-order valence-corrected chi connectivity index (χ3v) is 12.5. The van der Waals surface area contributed by atoms with Gasteiger partial charge in [-0.25, -0.2) is 0 Å². The number of nitriles is 1. The fraction of sp³-hybridized carbons (Fsp3) is 0.611. The average Bonchev–Trinajstić information content (AvgIpc) is 2.45. The molecule has 0 saturated carbocycles. The Morgan fingerprint density at radius 2 is 1.52 bits per heavy atom. The van der Waals surface area contributed by atoms with Gasteiger partial charge in [0.1, 0.15) is 0 Å². The normalized spacial score (nSPS) is 12.1. The van der Waals surface area contributed by atoms with Crippen LogP contribution in [0, 0.1) is 11.3 Å². The van der Waals surface area contributed by atoms with Crippen LogP contribution in [0.3, 0.4) is 0 Å². The van der Waals surface area contributed by atoms with E-state index in [0.29, 0.717) is 27.6 Å². The van der Waals surface area contributed by atoms with Crippen LogP contribution in [0.5, 0.6) is 0 Å². The molecule has 0 saturated heterocycles. The maximum atomic E-state index is 9.97. The van der Waals surface area contributed by atoms with E-state index in [9.17, 15) is 15.3 Å². The molecule has 0 aliphatic rings. The van der Waals surface area contributed by atoms with Gasteiger partial charge in [-0.05, 0) is 39.3 Å². The zero-order valence-electron chi connectivity index (χ0n) is 15.5. The van der Waals surface area contributed by atoms with E-state index in [1.165, 1.54) is 0 Å². The third kappa shape index (κ3) is 3.26. The fourth-order valence-electron chi connectivity index (χ4n) is 4.63. The molecule has 1 aromatic carbocycles. The van der Waals surface area contributed by atoms with E-state index in [1.54, 1.807) is 0 Å². The van der Waals surface area contributed by atoms with Crippen LogP contribution in [0.25, 0.3) is 0 Å². The van der Waals surface area contributed by atoms with Crippen LogP contribution in [0.4, 0.5) is 0 Å². The van der Waals surface area contributed by atoms with E-state index in [-0.39, 0.29) is 0 Å². The van der Waals surface area contributed by atoms with Gasteiger partial charge in [-0.1, -0.05) is 60.6 Å². The van der Waals surface area contributed by atoms with Crippen LogP contribution in [0.1, 0.15) is 59.6 Å². The minimum Gasteiger partial charge on any atom is -0.423 e. The van der Waals surface area contributed by atoms with Crippen molar-refractivity contribution in [3.63, 3.8) is 0 Å². The molecule has 23 heavy (non-hydrogen) atoms. The van der Waals surface area contributed by atoms with Crippen molar-refractivity contribution >= 4 is 25.8 Å². The summed E-state index contributed by atoms with van der Waals surface area (Å²) in [6.45, 7) is 15.4. The molecule has 5 heteroatoms. The predicted molar refractivity (Wildman–Crippen MR) is 101 cm³/mol. The molecule has 1 aromatic rings. The molecular weight excluding hydrogens is 301 g/mol. The summed E-state index contributed by atoms with van der Waals surface area (Å²) in [5.74, 6) is 0. The van der Waals surface area contributed by atoms with Crippen molar-refractivity contribution in [3.8, 4) is 6.07 Å². The quantitative estimate of drug-likeness (QED) is 0.788. The van der Waals surface area contributed by atoms with Gasteiger partial charge in [-0.15, -0.1) is 0 Å². The van der Waals surface area contributed by atoms with Gasteiger partial charge >= 0.3 is 7.12 Å². The lowest BCUT2D eigenvalue weighted by molar-refractivity contribution is 0.426. The van der Waals surface area contributed by atoms with Gasteiger partial charge in [0.05, 0.1) is 19.7 Å². The molecule has 0 aliphatic carbocycles. The van der Waals surface area contributed by atoms with Crippen LogP contribution in [0.15, 0.2) is 12.1 Å². The van der Waals surface area contributed by atoms with Crippen LogP contribution in [-0.4, -0.2) is 25.2 Å². The highest BCUT2D eigenvalue weighted by molar-refractivity contribution is 6.98. The smallest absolute Gasteiger partial charge is 0.423 e. The Morgan fingerprint density at radius 3 is 1.83 bits per heavy atom. The number of benzene rings is 1. The lowest BCUT2D eigenvalue weighted by Gasteiger charge is -2.45. The van der Waals surface area contributed by atoms with Gasteiger partial charge in [-0.3, -0.25) is 0 Å². The second kappa shape index (κ2) is 7.65. The van der Waals surface area contributed by atoms with E-state index in [4.69, 9.17) is 0 Å². The molecule has 0 amide bonds. The lowest BCUT2D eigenvalue weighted by Crippen LogP contribution is -2.64. The highest BCUT2D eigenvalue weighted by Gasteiger charge is 2.48. The largest absolute Gasteiger partial charge is 0.488 e. The van der Waals surface area contributed by atoms with Gasteiger partial charge in [0, 0.05) is 0 Å². The average molecular weight is 331 g/mol. The summed E-state index contributed by atoms with van der Waals surface area (Å²) in [6, 6.07) is 6.08. The summed E-state index contributed by atoms with van der Waals surface area (Å²) in [7, 11) is -3.70. The third-order valence-electron chi connectivity index (χ3n) is 5.39. The highest BCUT2D eigenvalue weighted by Crippen LogP contribution is 2.41. The maximum absolute atomic E-state index is 9.97. The Balaban J connectivity index is 4.01. The summed E-state index contributed by atoms with van der Waals surface area (Å²) in [5, 5.41) is 30.8. The number of rotatable bonds is 6. The van der Waals surface area contributed by atoms with Crippen LogP contribution in [-0.2, 0) is 6.42 Å². The molecule has 0 aliphatic heterocycles. The summed E-state index contributed by atoms with van der Waals surface area (Å²) in [5.41, 5.74) is 3.42. The van der Waals surface area contributed by atoms with Gasteiger partial charge in [0.15, 0.2) is 0 Å². The topological polar surface area (TPSA) is 64.2 Å². The standard InChI is InChI=1S/C18H30BNO2Si/c1-8-15-9-10-17(19(21)22)18(16(15)11-20)23(12(2)3,13(4)5)14(6)7/h9-10,12-14,21-22H,8H2,1-7H3. The summed E-state index contributed by atoms with van der Waals surface area (Å²) >= 11 is 0. The molecular formula is C18H30BNO2Si. The van der Waals surface area contributed by atoms with Gasteiger partial charge in [0.25, 0.3) is 0 Å². The van der Waals surface area contributed by atoms with E-state index >= 15 is 0 Å². The van der Waals surface area contributed by atoms with Crippen molar-refractivity contribution in [2.45, 2.75) is 71.5 Å². The molecule has 0 atom stereocenters. The second-order valence-electron chi connectivity index (χ2n) is 7.30. The van der Waals surface area contributed by atoms with Crippen molar-refractivity contribution in [3.05, 3.63) is 23.3 Å². The fourth-order valence-corrected chi connectivity index (χ4v) is 11.7. The molecule has 3 nitrogen and oxygen atoms in total. The molecule has 0 bridgehead atoms. The summed E-state index contributed by atoms with van der Waals surface area (Å²) in [6.07, 6.45) is 0.774. The number of aryl methyl sites for hydroxylation is 1. The number of hydrogen-bond acceptors (Lipinski definition) is 3. The van der Waals surface area contributed by atoms with Crippen molar-refractivity contribution in [2.75, 3.05) is 0 Å². The first-order chi connectivity index (χ1) is 10.7. The number of nitrogens with zero attached hydrogens (tertiary/aromatic N) is 1. The van der Waals surface area contributed by atoms with Crippen molar-refractivity contribution in [1.29, 1.82) is 5.26 Å². The van der Waals surface area contributed by atoms with E-state index in [2.05, 4.69) is 47.6 Å². The molecule has 2 N–H and O–H groups in total. The van der Waals surface area contributed by atoms with Crippen LogP contribution < -0.4 is 10.6 Å². The first-order valence-corrected chi connectivity index (χ1v) is 10.8. The molecule has 0 spiro atoms. The molecule has 0 unspecified atom stereocenters. The highest BCUT2D eigenvalue weighted by atomic mass is 28.3. The summed E-state index contributed by atoms with van der Waals surface area (Å²) in [4.78, 5) is 0. The molecule has 1 rings (SSSR count). The first-order valence-electron chi connectivity index (χ1n) is 8.58. The number of hydrogen-bond donors (Lipinski definition) is 2. The lowest BCUT2D eigenvalue weighted by atomic mass is 9.78. The molecule has 126 valence electrons. The monoisotopic (exact) mass is 331 g/mol. The Labute approximate surface area is 142 Å². The molecule has 0 radical (unpaired) electrons. The van der Waals surface area contributed by atoms with Crippen LogP contribution in [0.2, 0.25) is 16.6 Å². The summed E-state index contributed by atoms with van der Waals surface area (Å²) < 4.78 is 0. The van der Waals surface area contributed by atoms with Crippen molar-refractivity contribution in [1.82, 2.24) is 0 Å². The van der Waals surface area contributed by atoms with E-state index < -0.39 is 15.2 Å². The van der Waals surface area contributed by atoms with E-state index in [0.717, 1.165) is 17.2 Å². The molecule has 0 heterocycles. The SMILES string of the molecule is CCc1ccc(B(O)O)c([Si](C(C)C)(C(C)C)C(C)C)c1C#N. The van der Waals surface area contributed by atoms with Crippen LogP contribution >= 0.6 is 0 Å². The van der Waals surface area contributed by atoms with Crippen molar-refractivity contribution < 1.29 is 10.0 Å². The Morgan fingerprint density at radius 1 is 1.04 bits per heavy atom. The Hall–Kier alpha value is -1.09. The molecule has 0 fully saturated rings. The second-order valence-corrected chi connectivity index (χ2v) is 13.1. The maximum Gasteiger partial charge on any atom is 0.488 e. The van der Waals surface area contributed by atoms with E-state index in [1.807, 2.05) is 19.1 Å². The zero-order valence-corrected chi connectivity index (χ0v) is 16.5. The van der Waals surface area contributed by atoms with Gasteiger partial charge in [0.2, 0.25) is 0 Å². The Kier molecular flexibility index (Phi) is 6.64. The predicted octanol–water partition coefficient (Wildman–Crippen LogP) is 2.69. The zero-order chi connectivity index (χ0) is 17.9. The minimum atomic E-state index is -2.17. The van der Waals surface area contributed by atoms with Crippen molar-refractivity contribution in [2.24, 2.45) is 0 Å². The Bertz CT molecular complexity index is 570. The minimum absolute atomic E-state index is 0.402.